The largest absolute Gasteiger partial charge is 0.462 e. The molecule has 6 nitrogen and oxygen atoms in total. The van der Waals surface area contributed by atoms with Gasteiger partial charge in [0.05, 0.1) is 0 Å². The Morgan fingerprint density at radius 3 is 0.756 bits per heavy atom. The summed E-state index contributed by atoms with van der Waals surface area (Å²) in [4.78, 5) is 38.4. The van der Waals surface area contributed by atoms with E-state index in [-0.39, 0.29) is 31.1 Å². The molecule has 0 aliphatic heterocycles. The molecule has 0 saturated heterocycles. The Morgan fingerprint density at radius 1 is 0.256 bits per heavy atom. The quantitative estimate of drug-likeness (QED) is 0.0261. The maximum Gasteiger partial charge on any atom is 0.306 e. The Labute approximate surface area is 509 Å². The number of ether oxygens (including phenoxy) is 3. The van der Waals surface area contributed by atoms with E-state index in [1.54, 1.807) is 0 Å². The van der Waals surface area contributed by atoms with Gasteiger partial charge >= 0.3 is 17.9 Å². The summed E-state index contributed by atoms with van der Waals surface area (Å²) in [6.45, 7) is 6.51. The van der Waals surface area contributed by atoms with Crippen molar-refractivity contribution in [2.75, 3.05) is 13.2 Å². The molecule has 0 aromatic rings. The van der Waals surface area contributed by atoms with E-state index in [0.29, 0.717) is 19.3 Å². The molecule has 0 amide bonds. The normalized spacial score (nSPS) is 12.6. The predicted octanol–water partition coefficient (Wildman–Crippen LogP) is 24.6. The van der Waals surface area contributed by atoms with Gasteiger partial charge in [-0.25, -0.2) is 0 Å². The van der Waals surface area contributed by atoms with E-state index < -0.39 is 6.10 Å². The van der Waals surface area contributed by atoms with Crippen molar-refractivity contribution in [1.29, 1.82) is 0 Å². The monoisotopic (exact) mass is 1140 g/mol. The number of esters is 3. The van der Waals surface area contributed by atoms with Crippen LogP contribution >= 0.6 is 0 Å². The van der Waals surface area contributed by atoms with Crippen LogP contribution in [0.25, 0.3) is 0 Å². The summed E-state index contributed by atoms with van der Waals surface area (Å²) in [5.74, 6) is -0.871. The van der Waals surface area contributed by atoms with E-state index in [1.165, 1.54) is 225 Å². The molecule has 0 aliphatic carbocycles. The summed E-state index contributed by atoms with van der Waals surface area (Å²) < 4.78 is 17.0. The van der Waals surface area contributed by atoms with Gasteiger partial charge in [-0.15, -0.1) is 0 Å². The highest BCUT2D eigenvalue weighted by molar-refractivity contribution is 5.71. The molecule has 0 radical (unpaired) electrons. The lowest BCUT2D eigenvalue weighted by Gasteiger charge is -2.18. The standard InChI is InChI=1S/C76H134O6/c1-4-7-10-13-16-19-22-25-27-29-31-32-33-34-35-36-37-38-39-40-41-42-43-44-46-47-49-51-54-57-60-63-66-69-75(78)81-72-73(71-80-74(77)68-65-62-59-56-53-24-21-18-15-12-9-6-3)82-76(79)70-67-64-61-58-55-52-50-48-45-30-28-26-23-20-17-14-11-8-5-2/h7,10,16-21,25-28,31-32,73H,4-6,8-9,11-15,22-24,29-30,33-72H2,1-3H3/b10-7-,19-16-,20-17-,21-18-,27-25-,28-26-,32-31-. The fourth-order valence-electron chi connectivity index (χ4n) is 10.3. The average molecular weight is 1140 g/mol. The first-order valence-corrected chi connectivity index (χ1v) is 35.6. The van der Waals surface area contributed by atoms with Crippen LogP contribution in [0.3, 0.4) is 0 Å². The van der Waals surface area contributed by atoms with E-state index >= 15 is 0 Å². The lowest BCUT2D eigenvalue weighted by molar-refractivity contribution is -0.167. The van der Waals surface area contributed by atoms with Crippen LogP contribution in [0.5, 0.6) is 0 Å². The predicted molar refractivity (Wildman–Crippen MR) is 358 cm³/mol. The van der Waals surface area contributed by atoms with Crippen molar-refractivity contribution in [2.45, 2.75) is 367 Å². The van der Waals surface area contributed by atoms with Gasteiger partial charge < -0.3 is 14.2 Å². The fourth-order valence-corrected chi connectivity index (χ4v) is 10.3. The molecule has 0 aromatic heterocycles. The van der Waals surface area contributed by atoms with E-state index in [4.69, 9.17) is 14.2 Å². The Bertz CT molecular complexity index is 1550. The van der Waals surface area contributed by atoms with Crippen molar-refractivity contribution in [1.82, 2.24) is 0 Å². The van der Waals surface area contributed by atoms with Crippen molar-refractivity contribution in [2.24, 2.45) is 0 Å². The zero-order valence-electron chi connectivity index (χ0n) is 54.5. The Balaban J connectivity index is 4.14. The highest BCUT2D eigenvalue weighted by Gasteiger charge is 2.19. The van der Waals surface area contributed by atoms with E-state index in [9.17, 15) is 14.4 Å². The van der Waals surface area contributed by atoms with Crippen LogP contribution in [0.4, 0.5) is 0 Å². The fraction of sp³-hybridized carbons (Fsp3) is 0.776. The minimum atomic E-state index is -0.781. The zero-order valence-corrected chi connectivity index (χ0v) is 54.5. The van der Waals surface area contributed by atoms with Gasteiger partial charge in [-0.05, 0) is 116 Å². The highest BCUT2D eigenvalue weighted by Crippen LogP contribution is 2.18. The molecule has 82 heavy (non-hydrogen) atoms. The van der Waals surface area contributed by atoms with E-state index in [2.05, 4.69) is 106 Å². The van der Waals surface area contributed by atoms with Crippen LogP contribution in [0, 0.1) is 0 Å². The number of carbonyl (C=O) groups is 3. The summed E-state index contributed by atoms with van der Waals surface area (Å²) in [6.07, 6.45) is 93.4. The third-order valence-corrected chi connectivity index (χ3v) is 15.6. The minimum Gasteiger partial charge on any atom is -0.462 e. The molecule has 6 heteroatoms. The molecule has 0 aliphatic rings. The molecular formula is C76H134O6. The topological polar surface area (TPSA) is 78.9 Å². The van der Waals surface area contributed by atoms with Crippen molar-refractivity contribution >= 4 is 17.9 Å². The number of hydrogen-bond acceptors (Lipinski definition) is 6. The molecule has 474 valence electrons. The van der Waals surface area contributed by atoms with Crippen LogP contribution in [-0.4, -0.2) is 37.2 Å². The average Bonchev–Trinajstić information content (AvgIpc) is 3.47. The molecule has 0 saturated carbocycles. The molecule has 1 atom stereocenters. The molecule has 0 heterocycles. The van der Waals surface area contributed by atoms with Gasteiger partial charge in [-0.2, -0.15) is 0 Å². The highest BCUT2D eigenvalue weighted by atomic mass is 16.6. The number of unbranched alkanes of at least 4 members (excludes halogenated alkanes) is 40. The third kappa shape index (κ3) is 67.4. The minimum absolute atomic E-state index is 0.0764. The van der Waals surface area contributed by atoms with Crippen molar-refractivity contribution < 1.29 is 28.6 Å². The summed E-state index contributed by atoms with van der Waals surface area (Å²) in [5, 5.41) is 0. The molecule has 0 fully saturated rings. The van der Waals surface area contributed by atoms with Gasteiger partial charge in [-0.3, -0.25) is 14.4 Å². The zero-order chi connectivity index (χ0) is 59.2. The van der Waals surface area contributed by atoms with Crippen LogP contribution in [0.2, 0.25) is 0 Å². The Kier molecular flexibility index (Phi) is 67.2. The Morgan fingerprint density at radius 2 is 0.476 bits per heavy atom. The summed E-state index contributed by atoms with van der Waals surface area (Å²) >= 11 is 0. The molecule has 0 bridgehead atoms. The van der Waals surface area contributed by atoms with Crippen molar-refractivity contribution in [3.8, 4) is 0 Å². The molecule has 0 spiro atoms. The lowest BCUT2D eigenvalue weighted by atomic mass is 10.0. The van der Waals surface area contributed by atoms with Crippen LogP contribution in [0.1, 0.15) is 361 Å². The van der Waals surface area contributed by atoms with Crippen molar-refractivity contribution in [3.63, 3.8) is 0 Å². The maximum atomic E-state index is 12.9. The molecule has 1 unspecified atom stereocenters. The van der Waals surface area contributed by atoms with Gasteiger partial charge in [0.1, 0.15) is 13.2 Å². The number of hydrogen-bond donors (Lipinski definition) is 0. The molecular weight excluding hydrogens is 1010 g/mol. The number of carbonyl (C=O) groups excluding carboxylic acids is 3. The SMILES string of the molecule is CC/C=C\C/C=C\C/C=C\C/C=C\CCCCCCCCCCCCCCCCCCCCCCC(=O)OCC(COC(=O)CCCCCCC/C=C\CCCCC)OC(=O)CCCCCCCCCCC/C=C\C/C=C\CCCCC. The first-order valence-electron chi connectivity index (χ1n) is 35.6. The van der Waals surface area contributed by atoms with Gasteiger partial charge in [0, 0.05) is 19.3 Å². The van der Waals surface area contributed by atoms with Crippen molar-refractivity contribution in [3.05, 3.63) is 85.1 Å². The maximum absolute atomic E-state index is 12.9. The second-order valence-electron chi connectivity index (χ2n) is 23.8. The van der Waals surface area contributed by atoms with Crippen LogP contribution in [0.15, 0.2) is 85.1 Å². The second kappa shape index (κ2) is 70.1. The molecule has 0 rings (SSSR count). The van der Waals surface area contributed by atoms with E-state index in [0.717, 1.165) is 96.3 Å². The summed E-state index contributed by atoms with van der Waals surface area (Å²) in [6, 6.07) is 0. The number of allylic oxidation sites excluding steroid dienone is 14. The summed E-state index contributed by atoms with van der Waals surface area (Å²) in [7, 11) is 0. The van der Waals surface area contributed by atoms with Gasteiger partial charge in [-0.1, -0.05) is 311 Å². The first kappa shape index (κ1) is 78.6. The Hall–Kier alpha value is -3.41. The van der Waals surface area contributed by atoms with Crippen LogP contribution < -0.4 is 0 Å². The number of rotatable bonds is 65. The van der Waals surface area contributed by atoms with Gasteiger partial charge in [0.15, 0.2) is 6.10 Å². The van der Waals surface area contributed by atoms with E-state index in [1.807, 2.05) is 0 Å². The lowest BCUT2D eigenvalue weighted by Crippen LogP contribution is -2.30. The molecule has 0 aromatic carbocycles. The first-order chi connectivity index (χ1) is 40.5. The van der Waals surface area contributed by atoms with Gasteiger partial charge in [0.2, 0.25) is 0 Å². The van der Waals surface area contributed by atoms with Crippen LogP contribution in [-0.2, 0) is 28.6 Å². The second-order valence-corrected chi connectivity index (χ2v) is 23.8. The summed E-state index contributed by atoms with van der Waals surface area (Å²) in [5.41, 5.74) is 0. The smallest absolute Gasteiger partial charge is 0.306 e. The molecule has 0 N–H and O–H groups in total. The van der Waals surface area contributed by atoms with Gasteiger partial charge in [0.25, 0.3) is 0 Å². The third-order valence-electron chi connectivity index (χ3n) is 15.6.